The fourth-order valence-corrected chi connectivity index (χ4v) is 4.03. The predicted molar refractivity (Wildman–Crippen MR) is 102 cm³/mol. The fourth-order valence-electron chi connectivity index (χ4n) is 4.03. The summed E-state index contributed by atoms with van der Waals surface area (Å²) in [5, 5.41) is 19.0. The fraction of sp³-hybridized carbons (Fsp3) is 0.474. The molecule has 12 nitrogen and oxygen atoms in total. The van der Waals surface area contributed by atoms with E-state index < -0.39 is 0 Å². The van der Waals surface area contributed by atoms with Crippen LogP contribution in [-0.4, -0.2) is 72.3 Å². The number of tetrazole rings is 1. The Labute approximate surface area is 176 Å². The molecule has 3 aromatic rings. The van der Waals surface area contributed by atoms with Crippen LogP contribution in [0.5, 0.6) is 11.8 Å². The largest absolute Gasteiger partial charge is 0.423 e. The monoisotopic (exact) mass is 424 g/mol. The van der Waals surface area contributed by atoms with Gasteiger partial charge in [0.05, 0.1) is 24.9 Å². The molecule has 12 heteroatoms. The molecule has 3 fully saturated rings. The quantitative estimate of drug-likeness (QED) is 0.593. The van der Waals surface area contributed by atoms with Gasteiger partial charge in [-0.3, -0.25) is 4.79 Å². The van der Waals surface area contributed by atoms with Crippen LogP contribution in [0.1, 0.15) is 18.9 Å². The van der Waals surface area contributed by atoms with Gasteiger partial charge < -0.3 is 19.5 Å². The lowest BCUT2D eigenvalue weighted by molar-refractivity contribution is -0.123. The molecule has 6 rings (SSSR count). The Morgan fingerprint density at radius 2 is 1.97 bits per heavy atom. The number of amides is 1. The van der Waals surface area contributed by atoms with Crippen molar-refractivity contribution < 1.29 is 19.0 Å². The van der Waals surface area contributed by atoms with E-state index >= 15 is 0 Å². The summed E-state index contributed by atoms with van der Waals surface area (Å²) in [4.78, 5) is 16.1. The predicted octanol–water partition coefficient (Wildman–Crippen LogP) is 0.280. The molecule has 1 saturated carbocycles. The van der Waals surface area contributed by atoms with E-state index in [2.05, 4.69) is 30.9 Å². The van der Waals surface area contributed by atoms with E-state index in [1.807, 2.05) is 12.1 Å². The smallest absolute Gasteiger partial charge is 0.341 e. The van der Waals surface area contributed by atoms with Crippen molar-refractivity contribution in [2.24, 2.45) is 5.92 Å². The highest BCUT2D eigenvalue weighted by molar-refractivity contribution is 5.81. The molecule has 4 atom stereocenters. The molecule has 0 radical (unpaired) electrons. The highest BCUT2D eigenvalue weighted by Gasteiger charge is 2.50. The maximum atomic E-state index is 12.1. The molecular weight excluding hydrogens is 404 g/mol. The number of aromatic nitrogens is 7. The van der Waals surface area contributed by atoms with E-state index in [0.717, 1.165) is 18.5 Å². The number of carbonyl (C=O) groups excluding carboxylic acids is 1. The molecule has 2 aromatic heterocycles. The van der Waals surface area contributed by atoms with Crippen molar-refractivity contribution >= 4 is 5.91 Å². The molecule has 2 aliphatic heterocycles. The van der Waals surface area contributed by atoms with E-state index in [1.165, 1.54) is 6.33 Å². The molecule has 160 valence electrons. The third kappa shape index (κ3) is 3.43. The van der Waals surface area contributed by atoms with Gasteiger partial charge in [0.25, 0.3) is 0 Å². The van der Waals surface area contributed by atoms with Crippen LogP contribution in [0.2, 0.25) is 0 Å². The van der Waals surface area contributed by atoms with Gasteiger partial charge in [0.1, 0.15) is 36.7 Å². The summed E-state index contributed by atoms with van der Waals surface area (Å²) in [5.74, 6) is 0.811. The van der Waals surface area contributed by atoms with Gasteiger partial charge in [0.2, 0.25) is 5.91 Å². The summed E-state index contributed by atoms with van der Waals surface area (Å²) >= 11 is 0. The maximum Gasteiger partial charge on any atom is 0.341 e. The SMILES string of the molecule is O=C(N[C@H]1CO[C@H]2[C@@H]1OC[C@@H]2n1nnnc1Oc1ccc(-n2cncn2)cc1)C1CC1. The van der Waals surface area contributed by atoms with Gasteiger partial charge in [-0.25, -0.2) is 9.67 Å². The van der Waals surface area contributed by atoms with Crippen LogP contribution < -0.4 is 10.1 Å². The minimum absolute atomic E-state index is 0.0853. The van der Waals surface area contributed by atoms with E-state index in [4.69, 9.17) is 14.2 Å². The van der Waals surface area contributed by atoms with Crippen LogP contribution in [0, 0.1) is 5.92 Å². The summed E-state index contributed by atoms with van der Waals surface area (Å²) in [6, 6.07) is 7.18. The molecule has 0 spiro atoms. The standard InChI is InChI=1S/C19H20N8O4/c28-18(11-1-2-11)22-14-7-29-17-15(8-30-16(14)17)27-19(23-24-25-27)31-13-5-3-12(4-6-13)26-10-20-9-21-26/h3-6,9-11,14-17H,1-2,7-8H2,(H,22,28)/t14-,15-,16+,17+/m0/s1. The first kappa shape index (κ1) is 18.4. The average molecular weight is 424 g/mol. The molecule has 4 heterocycles. The summed E-state index contributed by atoms with van der Waals surface area (Å²) in [7, 11) is 0. The summed E-state index contributed by atoms with van der Waals surface area (Å²) < 4.78 is 21.1. The van der Waals surface area contributed by atoms with Gasteiger partial charge in [0, 0.05) is 5.92 Å². The van der Waals surface area contributed by atoms with Crippen molar-refractivity contribution in [3.05, 3.63) is 36.9 Å². The zero-order valence-corrected chi connectivity index (χ0v) is 16.4. The number of hydrogen-bond acceptors (Lipinski definition) is 9. The second kappa shape index (κ2) is 7.39. The average Bonchev–Trinajstić information content (AvgIpc) is 3.17. The lowest BCUT2D eigenvalue weighted by Crippen LogP contribution is -2.44. The summed E-state index contributed by atoms with van der Waals surface area (Å²) in [5.41, 5.74) is 0.857. The zero-order valence-electron chi connectivity index (χ0n) is 16.4. The Morgan fingerprint density at radius 3 is 2.74 bits per heavy atom. The van der Waals surface area contributed by atoms with E-state index in [0.29, 0.717) is 19.0 Å². The van der Waals surface area contributed by atoms with Crippen molar-refractivity contribution in [1.82, 2.24) is 40.3 Å². The number of nitrogens with one attached hydrogen (secondary N) is 1. The lowest BCUT2D eigenvalue weighted by atomic mass is 10.1. The molecule has 2 saturated heterocycles. The maximum absolute atomic E-state index is 12.1. The van der Waals surface area contributed by atoms with Crippen molar-refractivity contribution in [2.45, 2.75) is 37.1 Å². The summed E-state index contributed by atoms with van der Waals surface area (Å²) in [6.07, 6.45) is 4.53. The Balaban J connectivity index is 1.15. The Morgan fingerprint density at radius 1 is 1.13 bits per heavy atom. The molecule has 0 unspecified atom stereocenters. The normalized spacial score (nSPS) is 27.2. The van der Waals surface area contributed by atoms with Gasteiger partial charge in [0.15, 0.2) is 0 Å². The van der Waals surface area contributed by atoms with Gasteiger partial charge in [-0.2, -0.15) is 9.78 Å². The van der Waals surface area contributed by atoms with Crippen LogP contribution in [-0.2, 0) is 14.3 Å². The van der Waals surface area contributed by atoms with Crippen molar-refractivity contribution in [3.8, 4) is 17.4 Å². The van der Waals surface area contributed by atoms with Crippen molar-refractivity contribution in [1.29, 1.82) is 0 Å². The summed E-state index contributed by atoms with van der Waals surface area (Å²) in [6.45, 7) is 0.782. The number of benzene rings is 1. The molecule has 1 amide bonds. The van der Waals surface area contributed by atoms with Gasteiger partial charge in [-0.1, -0.05) is 5.10 Å². The number of ether oxygens (including phenoxy) is 3. The van der Waals surface area contributed by atoms with E-state index in [9.17, 15) is 4.79 Å². The third-order valence-corrected chi connectivity index (χ3v) is 5.81. The molecular formula is C19H20N8O4. The first-order valence-electron chi connectivity index (χ1n) is 10.2. The molecule has 1 aliphatic carbocycles. The minimum atomic E-state index is -0.259. The number of nitrogens with zero attached hydrogens (tertiary/aromatic N) is 7. The Hall–Kier alpha value is -3.38. The molecule has 1 N–H and O–H groups in total. The Kier molecular flexibility index (Phi) is 4.39. The first-order chi connectivity index (χ1) is 15.3. The minimum Gasteiger partial charge on any atom is -0.423 e. The number of carbonyl (C=O) groups is 1. The van der Waals surface area contributed by atoms with Gasteiger partial charge in [-0.15, -0.1) is 0 Å². The number of hydrogen-bond donors (Lipinski definition) is 1. The van der Waals surface area contributed by atoms with Crippen molar-refractivity contribution in [2.75, 3.05) is 13.2 Å². The van der Waals surface area contributed by atoms with Crippen LogP contribution in [0.15, 0.2) is 36.9 Å². The second-order valence-corrected chi connectivity index (χ2v) is 7.89. The third-order valence-electron chi connectivity index (χ3n) is 5.81. The topological polar surface area (TPSA) is 131 Å². The highest BCUT2D eigenvalue weighted by atomic mass is 16.6. The van der Waals surface area contributed by atoms with E-state index in [-0.39, 0.29) is 42.1 Å². The molecule has 31 heavy (non-hydrogen) atoms. The molecule has 0 bridgehead atoms. The first-order valence-corrected chi connectivity index (χ1v) is 10.2. The van der Waals surface area contributed by atoms with Crippen molar-refractivity contribution in [3.63, 3.8) is 0 Å². The van der Waals surface area contributed by atoms with E-state index in [1.54, 1.807) is 27.8 Å². The van der Waals surface area contributed by atoms with Crippen LogP contribution >= 0.6 is 0 Å². The molecule has 1 aromatic carbocycles. The lowest BCUT2D eigenvalue weighted by Gasteiger charge is -2.18. The Bertz CT molecular complexity index is 1070. The molecule has 3 aliphatic rings. The van der Waals surface area contributed by atoms with Crippen LogP contribution in [0.25, 0.3) is 5.69 Å². The number of fused-ring (bicyclic) bond motifs is 1. The van der Waals surface area contributed by atoms with Gasteiger partial charge >= 0.3 is 6.01 Å². The van der Waals surface area contributed by atoms with Crippen LogP contribution in [0.3, 0.4) is 0 Å². The van der Waals surface area contributed by atoms with Gasteiger partial charge in [-0.05, 0) is 47.5 Å². The second-order valence-electron chi connectivity index (χ2n) is 7.89. The highest BCUT2D eigenvalue weighted by Crippen LogP contribution is 2.37. The van der Waals surface area contributed by atoms with Crippen LogP contribution in [0.4, 0.5) is 0 Å². The zero-order chi connectivity index (χ0) is 20.8. The number of rotatable bonds is 6.